The summed E-state index contributed by atoms with van der Waals surface area (Å²) in [6.07, 6.45) is 5.41. The standard InChI is InChI=1S/C23H27F3N4O2.C3H5N/c1-22(2)11-17-19(18(31)12-22)20(23(24,25)26)29-30(17)14-8-9-15(21(27)32)16(10-14)28-13-6-4-3-5-7-13;1-2-3-4/h8-10,13,28H,3-7,11-12H2,1-2H3,(H2,27,32);1H,3-4H2. The molecule has 1 amide bonds. The molecule has 4 rings (SSSR count). The number of halogens is 3. The van der Waals surface area contributed by atoms with Crippen LogP contribution in [0, 0.1) is 17.8 Å². The van der Waals surface area contributed by atoms with E-state index in [9.17, 15) is 22.8 Å². The Morgan fingerprint density at radius 1 is 1.25 bits per heavy atom. The third-order valence-electron chi connectivity index (χ3n) is 6.41. The number of primary amides is 1. The average molecular weight is 504 g/mol. The van der Waals surface area contributed by atoms with Crippen LogP contribution < -0.4 is 16.8 Å². The lowest BCUT2D eigenvalue weighted by Crippen LogP contribution is -2.29. The molecule has 1 aromatic carbocycles. The lowest BCUT2D eigenvalue weighted by Gasteiger charge is -2.29. The number of anilines is 1. The van der Waals surface area contributed by atoms with E-state index in [0.717, 1.165) is 32.1 Å². The largest absolute Gasteiger partial charge is 0.435 e. The predicted octanol–water partition coefficient (Wildman–Crippen LogP) is 4.47. The number of ketones is 1. The summed E-state index contributed by atoms with van der Waals surface area (Å²) in [6, 6.07) is 4.79. The first-order chi connectivity index (χ1) is 16.9. The van der Waals surface area contributed by atoms with Crippen LogP contribution >= 0.6 is 0 Å². The van der Waals surface area contributed by atoms with Crippen molar-refractivity contribution in [2.45, 2.75) is 71.0 Å². The monoisotopic (exact) mass is 503 g/mol. The topological polar surface area (TPSA) is 116 Å². The maximum atomic E-state index is 13.7. The van der Waals surface area contributed by atoms with Gasteiger partial charge in [0.25, 0.3) is 5.91 Å². The van der Waals surface area contributed by atoms with E-state index in [4.69, 9.17) is 11.5 Å². The minimum atomic E-state index is -4.75. The summed E-state index contributed by atoms with van der Waals surface area (Å²) in [6.45, 7) is 4.05. The van der Waals surface area contributed by atoms with Crippen LogP contribution in [0.25, 0.3) is 5.69 Å². The van der Waals surface area contributed by atoms with Gasteiger partial charge in [0.05, 0.1) is 29.1 Å². The fourth-order valence-corrected chi connectivity index (χ4v) is 4.83. The molecule has 10 heteroatoms. The number of benzene rings is 1. The van der Waals surface area contributed by atoms with Crippen molar-refractivity contribution in [3.63, 3.8) is 0 Å². The average Bonchev–Trinajstić information content (AvgIpc) is 3.19. The SMILES string of the molecule is C#CCN.CC1(C)CC(=O)c2c(C(F)(F)F)nn(-c3ccc(C(N)=O)c(NC4CCCCC4)c3)c2C1. The molecule has 1 fully saturated rings. The van der Waals surface area contributed by atoms with Crippen molar-refractivity contribution in [3.05, 3.63) is 40.7 Å². The molecule has 2 aliphatic rings. The molecule has 1 heterocycles. The first kappa shape index (κ1) is 27.3. The molecule has 0 bridgehead atoms. The number of nitrogens with zero attached hydrogens (tertiary/aromatic N) is 2. The molecule has 5 N–H and O–H groups in total. The highest BCUT2D eigenvalue weighted by molar-refractivity contribution is 6.00. The van der Waals surface area contributed by atoms with Crippen molar-refractivity contribution >= 4 is 17.4 Å². The molecular weight excluding hydrogens is 471 g/mol. The predicted molar refractivity (Wildman–Crippen MR) is 132 cm³/mol. The number of carbonyl (C=O) groups excluding carboxylic acids is 2. The summed E-state index contributed by atoms with van der Waals surface area (Å²) in [5.74, 6) is 1.04. The molecule has 0 radical (unpaired) electrons. The van der Waals surface area contributed by atoms with Gasteiger partial charge < -0.3 is 16.8 Å². The molecule has 0 spiro atoms. The molecule has 194 valence electrons. The van der Waals surface area contributed by atoms with Gasteiger partial charge in [0.2, 0.25) is 0 Å². The molecule has 0 aliphatic heterocycles. The summed E-state index contributed by atoms with van der Waals surface area (Å²) in [7, 11) is 0. The number of Topliss-reactive ketones (excluding diaryl/α,β-unsaturated/α-hetero) is 1. The van der Waals surface area contributed by atoms with Crippen molar-refractivity contribution in [2.24, 2.45) is 16.9 Å². The highest BCUT2D eigenvalue weighted by Gasteiger charge is 2.45. The number of hydrogen-bond acceptors (Lipinski definition) is 5. The molecule has 7 nitrogen and oxygen atoms in total. The van der Waals surface area contributed by atoms with E-state index < -0.39 is 29.0 Å². The number of terminal acetylenes is 1. The van der Waals surface area contributed by atoms with Crippen molar-refractivity contribution in [1.82, 2.24) is 9.78 Å². The summed E-state index contributed by atoms with van der Waals surface area (Å²) < 4.78 is 42.4. The highest BCUT2D eigenvalue weighted by atomic mass is 19.4. The van der Waals surface area contributed by atoms with Gasteiger partial charge in [-0.25, -0.2) is 4.68 Å². The van der Waals surface area contributed by atoms with Gasteiger partial charge in [0.1, 0.15) is 0 Å². The van der Waals surface area contributed by atoms with Gasteiger partial charge in [0, 0.05) is 18.2 Å². The molecule has 1 saturated carbocycles. The lowest BCUT2D eigenvalue weighted by atomic mass is 9.75. The number of aromatic nitrogens is 2. The second kappa shape index (κ2) is 10.7. The van der Waals surface area contributed by atoms with E-state index in [0.29, 0.717) is 17.9 Å². The third-order valence-corrected chi connectivity index (χ3v) is 6.41. The maximum Gasteiger partial charge on any atom is 0.435 e. The molecule has 0 unspecified atom stereocenters. The Labute approximate surface area is 208 Å². The van der Waals surface area contributed by atoms with Crippen LogP contribution in [-0.2, 0) is 12.6 Å². The lowest BCUT2D eigenvalue weighted by molar-refractivity contribution is -0.141. The highest BCUT2D eigenvalue weighted by Crippen LogP contribution is 2.42. The van der Waals surface area contributed by atoms with Crippen LogP contribution in [0.5, 0.6) is 0 Å². The fourth-order valence-electron chi connectivity index (χ4n) is 4.83. The number of nitrogens with one attached hydrogen (secondary N) is 1. The second-order valence-corrected chi connectivity index (χ2v) is 10.0. The van der Waals surface area contributed by atoms with Crippen molar-refractivity contribution < 1.29 is 22.8 Å². The third kappa shape index (κ3) is 6.08. The van der Waals surface area contributed by atoms with Gasteiger partial charge in [0.15, 0.2) is 11.5 Å². The van der Waals surface area contributed by atoms with Gasteiger partial charge in [-0.05, 0) is 42.9 Å². The Morgan fingerprint density at radius 2 is 1.89 bits per heavy atom. The van der Waals surface area contributed by atoms with Crippen LogP contribution in [-0.4, -0.2) is 34.1 Å². The minimum absolute atomic E-state index is 0.0316. The molecular formula is C26H32F3N5O2. The normalized spacial score (nSPS) is 17.4. The molecule has 0 atom stereocenters. The molecule has 2 aliphatic carbocycles. The van der Waals surface area contributed by atoms with Crippen molar-refractivity contribution in [1.29, 1.82) is 0 Å². The van der Waals surface area contributed by atoms with Crippen LogP contribution in [0.1, 0.15) is 84.5 Å². The zero-order valence-electron chi connectivity index (χ0n) is 20.5. The first-order valence-corrected chi connectivity index (χ1v) is 11.9. The van der Waals surface area contributed by atoms with Gasteiger partial charge in [-0.1, -0.05) is 39.0 Å². The Hall–Kier alpha value is -3.32. The molecule has 0 saturated heterocycles. The summed E-state index contributed by atoms with van der Waals surface area (Å²) >= 11 is 0. The van der Waals surface area contributed by atoms with Crippen molar-refractivity contribution in [2.75, 3.05) is 11.9 Å². The number of rotatable bonds is 4. The first-order valence-electron chi connectivity index (χ1n) is 11.9. The number of nitrogens with two attached hydrogens (primary N) is 2. The zero-order valence-corrected chi connectivity index (χ0v) is 20.5. The molecule has 36 heavy (non-hydrogen) atoms. The van der Waals surface area contributed by atoms with Gasteiger partial charge in [-0.2, -0.15) is 18.3 Å². The van der Waals surface area contributed by atoms with E-state index in [1.54, 1.807) is 6.07 Å². The van der Waals surface area contributed by atoms with E-state index >= 15 is 0 Å². The van der Waals surface area contributed by atoms with Crippen LogP contribution in [0.15, 0.2) is 18.2 Å². The summed E-state index contributed by atoms with van der Waals surface area (Å²) in [5.41, 5.74) is 9.68. The Bertz CT molecular complexity index is 1170. The van der Waals surface area contributed by atoms with Crippen LogP contribution in [0.3, 0.4) is 0 Å². The number of hydrogen-bond donors (Lipinski definition) is 3. The quantitative estimate of drug-likeness (QED) is 0.533. The number of alkyl halides is 3. The van der Waals surface area contributed by atoms with E-state index in [-0.39, 0.29) is 35.7 Å². The Balaban J connectivity index is 0.000000840. The number of amides is 1. The van der Waals surface area contributed by atoms with Gasteiger partial charge >= 0.3 is 6.18 Å². The zero-order chi connectivity index (χ0) is 26.7. The van der Waals surface area contributed by atoms with Crippen LogP contribution in [0.2, 0.25) is 0 Å². The summed E-state index contributed by atoms with van der Waals surface area (Å²) in [4.78, 5) is 24.6. The fraction of sp³-hybridized carbons (Fsp3) is 0.500. The molecule has 1 aromatic heterocycles. The second-order valence-electron chi connectivity index (χ2n) is 10.0. The van der Waals surface area contributed by atoms with E-state index in [2.05, 4.69) is 22.8 Å². The van der Waals surface area contributed by atoms with Gasteiger partial charge in [-0.15, -0.1) is 6.42 Å². The summed E-state index contributed by atoms with van der Waals surface area (Å²) in [5, 5.41) is 7.19. The van der Waals surface area contributed by atoms with Crippen molar-refractivity contribution in [3.8, 4) is 18.0 Å². The Kier molecular flexibility index (Phi) is 8.14. The van der Waals surface area contributed by atoms with E-state index in [1.165, 1.54) is 16.8 Å². The smallest absolute Gasteiger partial charge is 0.382 e. The maximum absolute atomic E-state index is 13.7. The van der Waals surface area contributed by atoms with E-state index in [1.807, 2.05) is 13.8 Å². The number of carbonyl (C=O) groups is 2. The molecule has 2 aromatic rings. The van der Waals surface area contributed by atoms with Gasteiger partial charge in [-0.3, -0.25) is 9.59 Å². The number of fused-ring (bicyclic) bond motifs is 1. The van der Waals surface area contributed by atoms with Crippen LogP contribution in [0.4, 0.5) is 18.9 Å². The minimum Gasteiger partial charge on any atom is -0.382 e. The Morgan fingerprint density at radius 3 is 2.44 bits per heavy atom.